The van der Waals surface area contributed by atoms with Gasteiger partial charge in [-0.3, -0.25) is 14.4 Å². The molecule has 1 aliphatic heterocycles. The van der Waals surface area contributed by atoms with Crippen LogP contribution in [-0.4, -0.2) is 41.8 Å². The van der Waals surface area contributed by atoms with E-state index in [-0.39, 0.29) is 17.7 Å². The molecule has 7 heteroatoms. The van der Waals surface area contributed by atoms with Crippen molar-refractivity contribution < 1.29 is 14.4 Å². The number of benzene rings is 2. The largest absolute Gasteiger partial charge is 0.354 e. The van der Waals surface area contributed by atoms with Gasteiger partial charge in [-0.15, -0.1) is 0 Å². The molecule has 0 aromatic heterocycles. The van der Waals surface area contributed by atoms with Gasteiger partial charge in [0.15, 0.2) is 0 Å². The van der Waals surface area contributed by atoms with E-state index in [9.17, 15) is 14.4 Å². The van der Waals surface area contributed by atoms with Gasteiger partial charge in [0.05, 0.1) is 10.6 Å². The molecule has 0 aliphatic carbocycles. The third-order valence-electron chi connectivity index (χ3n) is 4.87. The normalized spacial score (nSPS) is 15.8. The number of halogens is 1. The first-order valence-electron chi connectivity index (χ1n) is 9.76. The van der Waals surface area contributed by atoms with Crippen LogP contribution in [0.1, 0.15) is 46.9 Å². The van der Waals surface area contributed by atoms with Crippen molar-refractivity contribution in [3.63, 3.8) is 0 Å². The van der Waals surface area contributed by atoms with Gasteiger partial charge in [-0.1, -0.05) is 30.7 Å². The zero-order chi connectivity index (χ0) is 20.8. The van der Waals surface area contributed by atoms with Crippen molar-refractivity contribution in [1.29, 1.82) is 0 Å². The Morgan fingerprint density at radius 2 is 1.83 bits per heavy atom. The van der Waals surface area contributed by atoms with Crippen molar-refractivity contribution in [2.24, 2.45) is 0 Å². The monoisotopic (exact) mass is 413 g/mol. The summed E-state index contributed by atoms with van der Waals surface area (Å²) in [5.41, 5.74) is 1.42. The van der Waals surface area contributed by atoms with Crippen LogP contribution in [0, 0.1) is 0 Å². The summed E-state index contributed by atoms with van der Waals surface area (Å²) in [6, 6.07) is 13.0. The summed E-state index contributed by atoms with van der Waals surface area (Å²) in [5, 5.41) is 6.02. The number of carbonyl (C=O) groups is 3. The van der Waals surface area contributed by atoms with Gasteiger partial charge in [0.2, 0.25) is 5.91 Å². The smallest absolute Gasteiger partial charge is 0.257 e. The number of anilines is 1. The highest BCUT2D eigenvalue weighted by molar-refractivity contribution is 6.34. The van der Waals surface area contributed by atoms with E-state index in [1.807, 2.05) is 6.92 Å². The fourth-order valence-corrected chi connectivity index (χ4v) is 3.58. The maximum absolute atomic E-state index is 12.9. The molecule has 3 rings (SSSR count). The maximum atomic E-state index is 12.9. The molecule has 0 spiro atoms. The number of rotatable bonds is 6. The fraction of sp³-hybridized carbons (Fsp3) is 0.318. The van der Waals surface area contributed by atoms with Crippen molar-refractivity contribution in [2.45, 2.75) is 32.2 Å². The molecule has 29 heavy (non-hydrogen) atoms. The molecule has 2 aromatic carbocycles. The molecule has 2 N–H and O–H groups in total. The predicted molar refractivity (Wildman–Crippen MR) is 113 cm³/mol. The molecule has 1 fully saturated rings. The molecule has 2 aromatic rings. The van der Waals surface area contributed by atoms with Gasteiger partial charge in [-0.2, -0.15) is 0 Å². The summed E-state index contributed by atoms with van der Waals surface area (Å²) in [6.07, 6.45) is 2.34. The maximum Gasteiger partial charge on any atom is 0.257 e. The zero-order valence-corrected chi connectivity index (χ0v) is 17.0. The van der Waals surface area contributed by atoms with E-state index in [2.05, 4.69) is 10.6 Å². The molecule has 1 aliphatic rings. The molecular weight excluding hydrogens is 390 g/mol. The highest BCUT2D eigenvalue weighted by Gasteiger charge is 2.34. The number of hydrogen-bond donors (Lipinski definition) is 2. The average molecular weight is 414 g/mol. The standard InChI is InChI=1S/C22H24ClN3O3/c1-2-13-24-21(28)19-8-5-14-26(19)22(29)15-9-11-16(12-10-15)25-20(27)17-6-3-4-7-18(17)23/h3-4,6-7,9-12,19H,2,5,8,13-14H2,1H3,(H,24,28)(H,25,27). The fourth-order valence-electron chi connectivity index (χ4n) is 3.35. The number of nitrogens with zero attached hydrogens (tertiary/aromatic N) is 1. The summed E-state index contributed by atoms with van der Waals surface area (Å²) in [6.45, 7) is 3.16. The second-order valence-corrected chi connectivity index (χ2v) is 7.37. The molecule has 1 unspecified atom stereocenters. The Balaban J connectivity index is 1.66. The lowest BCUT2D eigenvalue weighted by atomic mass is 10.1. The van der Waals surface area contributed by atoms with Gasteiger partial charge in [0.1, 0.15) is 6.04 Å². The van der Waals surface area contributed by atoms with E-state index < -0.39 is 6.04 Å². The quantitative estimate of drug-likeness (QED) is 0.757. The topological polar surface area (TPSA) is 78.5 Å². The van der Waals surface area contributed by atoms with Crippen molar-refractivity contribution in [3.8, 4) is 0 Å². The lowest BCUT2D eigenvalue weighted by Crippen LogP contribution is -2.46. The number of amides is 3. The van der Waals surface area contributed by atoms with Crippen LogP contribution in [0.5, 0.6) is 0 Å². The van der Waals surface area contributed by atoms with Crippen LogP contribution >= 0.6 is 11.6 Å². The lowest BCUT2D eigenvalue weighted by molar-refractivity contribution is -0.124. The molecule has 1 heterocycles. The van der Waals surface area contributed by atoms with E-state index in [0.717, 1.165) is 12.8 Å². The Kier molecular flexibility index (Phi) is 6.88. The van der Waals surface area contributed by atoms with E-state index in [1.165, 1.54) is 0 Å². The Morgan fingerprint density at radius 1 is 1.10 bits per heavy atom. The minimum absolute atomic E-state index is 0.0960. The third-order valence-corrected chi connectivity index (χ3v) is 5.20. The Labute approximate surface area is 175 Å². The molecule has 1 atom stereocenters. The number of nitrogens with one attached hydrogen (secondary N) is 2. The molecular formula is C22H24ClN3O3. The van der Waals surface area contributed by atoms with Crippen LogP contribution in [0.15, 0.2) is 48.5 Å². The van der Waals surface area contributed by atoms with Crippen molar-refractivity contribution >= 4 is 35.0 Å². The molecule has 152 valence electrons. The van der Waals surface area contributed by atoms with E-state index in [1.54, 1.807) is 53.4 Å². The zero-order valence-electron chi connectivity index (χ0n) is 16.3. The number of carbonyl (C=O) groups excluding carboxylic acids is 3. The van der Waals surface area contributed by atoms with Gasteiger partial charge in [0.25, 0.3) is 11.8 Å². The van der Waals surface area contributed by atoms with Gasteiger partial charge in [0, 0.05) is 24.3 Å². The van der Waals surface area contributed by atoms with Crippen LogP contribution in [0.3, 0.4) is 0 Å². The highest BCUT2D eigenvalue weighted by Crippen LogP contribution is 2.22. The lowest BCUT2D eigenvalue weighted by Gasteiger charge is -2.24. The van der Waals surface area contributed by atoms with Crippen LogP contribution in [0.2, 0.25) is 5.02 Å². The molecule has 0 radical (unpaired) electrons. The first kappa shape index (κ1) is 20.9. The molecule has 1 saturated heterocycles. The van der Waals surface area contributed by atoms with E-state index in [0.29, 0.717) is 41.3 Å². The predicted octanol–water partition coefficient (Wildman–Crippen LogP) is 3.72. The average Bonchev–Trinajstić information content (AvgIpc) is 3.22. The van der Waals surface area contributed by atoms with E-state index >= 15 is 0 Å². The Hall–Kier alpha value is -2.86. The minimum Gasteiger partial charge on any atom is -0.354 e. The SMILES string of the molecule is CCCNC(=O)C1CCCN1C(=O)c1ccc(NC(=O)c2ccccc2Cl)cc1. The highest BCUT2D eigenvalue weighted by atomic mass is 35.5. The summed E-state index contributed by atoms with van der Waals surface area (Å²) in [5.74, 6) is -0.591. The van der Waals surface area contributed by atoms with Gasteiger partial charge in [-0.05, 0) is 55.7 Å². The Morgan fingerprint density at radius 3 is 2.52 bits per heavy atom. The third kappa shape index (κ3) is 4.95. The van der Waals surface area contributed by atoms with Crippen LogP contribution < -0.4 is 10.6 Å². The van der Waals surface area contributed by atoms with Crippen LogP contribution in [0.25, 0.3) is 0 Å². The molecule has 6 nitrogen and oxygen atoms in total. The van der Waals surface area contributed by atoms with Crippen LogP contribution in [-0.2, 0) is 4.79 Å². The molecule has 3 amide bonds. The number of hydrogen-bond acceptors (Lipinski definition) is 3. The van der Waals surface area contributed by atoms with Crippen LogP contribution in [0.4, 0.5) is 5.69 Å². The molecule has 0 bridgehead atoms. The second kappa shape index (κ2) is 9.56. The number of likely N-dealkylation sites (tertiary alicyclic amines) is 1. The van der Waals surface area contributed by atoms with Gasteiger partial charge < -0.3 is 15.5 Å². The summed E-state index contributed by atoms with van der Waals surface area (Å²) in [7, 11) is 0. The first-order valence-corrected chi connectivity index (χ1v) is 10.1. The second-order valence-electron chi connectivity index (χ2n) is 6.96. The summed E-state index contributed by atoms with van der Waals surface area (Å²) < 4.78 is 0. The van der Waals surface area contributed by atoms with Crippen molar-refractivity contribution in [1.82, 2.24) is 10.2 Å². The first-order chi connectivity index (χ1) is 14.0. The van der Waals surface area contributed by atoms with Gasteiger partial charge in [-0.25, -0.2) is 0 Å². The molecule has 0 saturated carbocycles. The minimum atomic E-state index is -0.423. The van der Waals surface area contributed by atoms with Crippen molar-refractivity contribution in [2.75, 3.05) is 18.4 Å². The Bertz CT molecular complexity index is 898. The summed E-state index contributed by atoms with van der Waals surface area (Å²) in [4.78, 5) is 39.2. The van der Waals surface area contributed by atoms with Crippen molar-refractivity contribution in [3.05, 3.63) is 64.7 Å². The van der Waals surface area contributed by atoms with Gasteiger partial charge >= 0.3 is 0 Å². The summed E-state index contributed by atoms with van der Waals surface area (Å²) >= 11 is 6.05. The van der Waals surface area contributed by atoms with E-state index in [4.69, 9.17) is 11.6 Å².